The first-order valence-electron chi connectivity index (χ1n) is 4.77. The van der Waals surface area contributed by atoms with Gasteiger partial charge in [-0.15, -0.1) is 0 Å². The van der Waals surface area contributed by atoms with Gasteiger partial charge in [-0.05, 0) is 17.7 Å². The van der Waals surface area contributed by atoms with Gasteiger partial charge >= 0.3 is 0 Å². The molecule has 2 rings (SSSR count). The van der Waals surface area contributed by atoms with Crippen LogP contribution in [-0.2, 0) is 7.05 Å². The highest BCUT2D eigenvalue weighted by Gasteiger charge is 2.15. The second-order valence-electron chi connectivity index (χ2n) is 3.54. The zero-order valence-electron chi connectivity index (χ0n) is 8.69. The normalized spacial score (nSPS) is 12.8. The van der Waals surface area contributed by atoms with Crippen LogP contribution in [0.1, 0.15) is 17.4 Å². The maximum atomic E-state index is 6.16. The molecule has 1 atom stereocenters. The molecule has 0 aliphatic carbocycles. The van der Waals surface area contributed by atoms with E-state index < -0.39 is 0 Å². The molecule has 0 radical (unpaired) electrons. The number of aryl methyl sites for hydroxylation is 1. The second-order valence-corrected chi connectivity index (χ2v) is 4.83. The van der Waals surface area contributed by atoms with Crippen molar-refractivity contribution in [3.63, 3.8) is 0 Å². The van der Waals surface area contributed by atoms with E-state index in [1.807, 2.05) is 36.0 Å². The van der Waals surface area contributed by atoms with Crippen LogP contribution in [0, 0.1) is 0 Å². The van der Waals surface area contributed by atoms with Crippen molar-refractivity contribution >= 4 is 27.5 Å². The van der Waals surface area contributed by atoms with E-state index in [2.05, 4.69) is 20.9 Å². The number of hydrogen-bond acceptors (Lipinski definition) is 2. The molecule has 1 aromatic heterocycles. The van der Waals surface area contributed by atoms with Gasteiger partial charge in [-0.2, -0.15) is 0 Å². The van der Waals surface area contributed by atoms with Gasteiger partial charge in [0.15, 0.2) is 0 Å². The van der Waals surface area contributed by atoms with Crippen molar-refractivity contribution in [2.24, 2.45) is 12.8 Å². The smallest absolute Gasteiger partial charge is 0.130 e. The number of rotatable bonds is 2. The molecule has 3 nitrogen and oxygen atoms in total. The summed E-state index contributed by atoms with van der Waals surface area (Å²) >= 11 is 9.34. The van der Waals surface area contributed by atoms with E-state index in [-0.39, 0.29) is 6.04 Å². The van der Waals surface area contributed by atoms with Crippen LogP contribution in [0.5, 0.6) is 0 Å². The van der Waals surface area contributed by atoms with Crippen molar-refractivity contribution < 1.29 is 0 Å². The Kier molecular flexibility index (Phi) is 3.33. The summed E-state index contributed by atoms with van der Waals surface area (Å²) in [5.74, 6) is 0.822. The molecule has 0 fully saturated rings. The average Bonchev–Trinajstić information content (AvgIpc) is 2.63. The first-order chi connectivity index (χ1) is 7.59. The highest BCUT2D eigenvalue weighted by molar-refractivity contribution is 9.10. The molecule has 0 bridgehead atoms. The Labute approximate surface area is 107 Å². The minimum atomic E-state index is -0.258. The van der Waals surface area contributed by atoms with Gasteiger partial charge in [0, 0.05) is 28.9 Å². The minimum Gasteiger partial charge on any atom is -0.336 e. The predicted octanol–water partition coefficient (Wildman–Crippen LogP) is 2.88. The quantitative estimate of drug-likeness (QED) is 0.927. The van der Waals surface area contributed by atoms with Crippen LogP contribution in [0.4, 0.5) is 0 Å². The lowest BCUT2D eigenvalue weighted by atomic mass is 10.1. The van der Waals surface area contributed by atoms with Crippen LogP contribution in [0.25, 0.3) is 0 Å². The molecule has 1 unspecified atom stereocenters. The van der Waals surface area contributed by atoms with E-state index in [1.165, 1.54) is 0 Å². The zero-order valence-corrected chi connectivity index (χ0v) is 11.0. The molecule has 16 heavy (non-hydrogen) atoms. The topological polar surface area (TPSA) is 43.8 Å². The summed E-state index contributed by atoms with van der Waals surface area (Å²) in [6.07, 6.45) is 3.61. The number of aromatic nitrogens is 2. The summed E-state index contributed by atoms with van der Waals surface area (Å²) in [5.41, 5.74) is 7.13. The maximum Gasteiger partial charge on any atom is 0.130 e. The number of halogens is 2. The van der Waals surface area contributed by atoms with E-state index in [9.17, 15) is 0 Å². The molecule has 1 aromatic carbocycles. The van der Waals surface area contributed by atoms with E-state index in [4.69, 9.17) is 17.3 Å². The zero-order chi connectivity index (χ0) is 11.7. The van der Waals surface area contributed by atoms with E-state index in [0.717, 1.165) is 15.9 Å². The lowest BCUT2D eigenvalue weighted by molar-refractivity contribution is 0.714. The Bertz CT molecular complexity index is 510. The fraction of sp³-hybridized carbons (Fsp3) is 0.182. The molecule has 84 valence electrons. The Morgan fingerprint density at radius 1 is 1.50 bits per heavy atom. The fourth-order valence-corrected chi connectivity index (χ4v) is 2.50. The number of nitrogens with zero attached hydrogens (tertiary/aromatic N) is 2. The van der Waals surface area contributed by atoms with Gasteiger partial charge in [0.25, 0.3) is 0 Å². The average molecular weight is 301 g/mol. The largest absolute Gasteiger partial charge is 0.336 e. The summed E-state index contributed by atoms with van der Waals surface area (Å²) in [6, 6.07) is 5.31. The molecule has 0 saturated carbocycles. The Morgan fingerprint density at radius 2 is 2.25 bits per heavy atom. The molecule has 2 aromatic rings. The van der Waals surface area contributed by atoms with Crippen LogP contribution in [-0.4, -0.2) is 9.55 Å². The lowest BCUT2D eigenvalue weighted by Crippen LogP contribution is -2.17. The maximum absolute atomic E-state index is 6.16. The van der Waals surface area contributed by atoms with Gasteiger partial charge in [-0.1, -0.05) is 33.6 Å². The highest BCUT2D eigenvalue weighted by Crippen LogP contribution is 2.28. The summed E-state index contributed by atoms with van der Waals surface area (Å²) in [7, 11) is 1.92. The molecule has 0 aliphatic rings. The first-order valence-corrected chi connectivity index (χ1v) is 5.94. The van der Waals surface area contributed by atoms with Crippen LogP contribution < -0.4 is 5.73 Å². The summed E-state index contributed by atoms with van der Waals surface area (Å²) in [5, 5.41) is 0.683. The van der Waals surface area contributed by atoms with Crippen LogP contribution >= 0.6 is 27.5 Å². The number of imidazole rings is 1. The molecule has 5 heteroatoms. The molecule has 0 aliphatic heterocycles. The van der Waals surface area contributed by atoms with E-state index in [0.29, 0.717) is 5.02 Å². The molecule has 2 N–H and O–H groups in total. The second kappa shape index (κ2) is 4.57. The lowest BCUT2D eigenvalue weighted by Gasteiger charge is -2.13. The van der Waals surface area contributed by atoms with Crippen molar-refractivity contribution in [3.8, 4) is 0 Å². The van der Waals surface area contributed by atoms with Gasteiger partial charge < -0.3 is 10.3 Å². The van der Waals surface area contributed by atoms with Crippen molar-refractivity contribution in [2.75, 3.05) is 0 Å². The molecule has 1 heterocycles. The van der Waals surface area contributed by atoms with Gasteiger partial charge in [0.05, 0.1) is 6.04 Å². The number of benzene rings is 1. The Balaban J connectivity index is 2.41. The first kappa shape index (κ1) is 11.6. The third kappa shape index (κ3) is 2.14. The number of hydrogen-bond donors (Lipinski definition) is 1. The fourth-order valence-electron chi connectivity index (χ4n) is 1.57. The van der Waals surface area contributed by atoms with Crippen molar-refractivity contribution in [2.45, 2.75) is 6.04 Å². The van der Waals surface area contributed by atoms with Gasteiger partial charge in [0.1, 0.15) is 5.82 Å². The van der Waals surface area contributed by atoms with Crippen molar-refractivity contribution in [3.05, 3.63) is 51.5 Å². The third-order valence-corrected chi connectivity index (χ3v) is 3.36. The van der Waals surface area contributed by atoms with Gasteiger partial charge in [-0.3, -0.25) is 0 Å². The summed E-state index contributed by atoms with van der Waals surface area (Å²) in [4.78, 5) is 4.24. The predicted molar refractivity (Wildman–Crippen MR) is 68.4 cm³/mol. The summed E-state index contributed by atoms with van der Waals surface area (Å²) < 4.78 is 2.81. The van der Waals surface area contributed by atoms with Crippen LogP contribution in [0.3, 0.4) is 0 Å². The molecular weight excluding hydrogens is 289 g/mol. The molecule has 0 saturated heterocycles. The molecule has 0 amide bonds. The Hall–Kier alpha value is -0.840. The third-order valence-electron chi connectivity index (χ3n) is 2.43. The van der Waals surface area contributed by atoms with Crippen LogP contribution in [0.15, 0.2) is 35.1 Å². The highest BCUT2D eigenvalue weighted by atomic mass is 79.9. The van der Waals surface area contributed by atoms with E-state index >= 15 is 0 Å². The van der Waals surface area contributed by atoms with E-state index in [1.54, 1.807) is 6.20 Å². The number of nitrogens with two attached hydrogens (primary N) is 1. The van der Waals surface area contributed by atoms with Gasteiger partial charge in [-0.25, -0.2) is 4.98 Å². The Morgan fingerprint density at radius 3 is 2.81 bits per heavy atom. The van der Waals surface area contributed by atoms with Crippen molar-refractivity contribution in [1.29, 1.82) is 0 Å². The van der Waals surface area contributed by atoms with Crippen LogP contribution in [0.2, 0.25) is 5.02 Å². The SMILES string of the molecule is Cn1ccnc1C(N)c1ccc(Cl)cc1Br. The monoisotopic (exact) mass is 299 g/mol. The summed E-state index contributed by atoms with van der Waals surface area (Å²) in [6.45, 7) is 0. The van der Waals surface area contributed by atoms with Crippen molar-refractivity contribution in [1.82, 2.24) is 9.55 Å². The molecule has 0 spiro atoms. The minimum absolute atomic E-state index is 0.258. The van der Waals surface area contributed by atoms with Gasteiger partial charge in [0.2, 0.25) is 0 Å². The molecular formula is C11H11BrClN3. The standard InChI is InChI=1S/C11H11BrClN3/c1-16-5-4-15-11(16)10(14)8-3-2-7(13)6-9(8)12/h2-6,10H,14H2,1H3.